The van der Waals surface area contributed by atoms with Crippen molar-refractivity contribution in [3.05, 3.63) is 69.8 Å². The van der Waals surface area contributed by atoms with Crippen LogP contribution >= 0.6 is 0 Å². The molecule has 1 aliphatic heterocycles. The lowest BCUT2D eigenvalue weighted by molar-refractivity contribution is -0.384. The Morgan fingerprint density at radius 1 is 1.08 bits per heavy atom. The van der Waals surface area contributed by atoms with Crippen LogP contribution in [0.1, 0.15) is 11.1 Å². The van der Waals surface area contributed by atoms with Crippen molar-refractivity contribution >= 4 is 11.4 Å². The van der Waals surface area contributed by atoms with Crippen molar-refractivity contribution < 1.29 is 4.92 Å². The van der Waals surface area contributed by atoms with Crippen molar-refractivity contribution in [2.45, 2.75) is 6.54 Å². The van der Waals surface area contributed by atoms with E-state index in [0.29, 0.717) is 11.3 Å². The molecule has 0 bridgehead atoms. The molecule has 0 saturated carbocycles. The zero-order chi connectivity index (χ0) is 16.9. The molecule has 0 amide bonds. The van der Waals surface area contributed by atoms with Gasteiger partial charge in [-0.2, -0.15) is 5.26 Å². The number of nitrogens with zero attached hydrogens (tertiary/aromatic N) is 4. The average Bonchev–Trinajstić information content (AvgIpc) is 2.63. The van der Waals surface area contributed by atoms with E-state index < -0.39 is 4.92 Å². The van der Waals surface area contributed by atoms with E-state index in [1.807, 2.05) is 29.2 Å². The lowest BCUT2D eigenvalue weighted by Crippen LogP contribution is -2.46. The molecule has 2 aromatic carbocycles. The summed E-state index contributed by atoms with van der Waals surface area (Å²) in [7, 11) is 0. The monoisotopic (exact) mass is 322 g/mol. The van der Waals surface area contributed by atoms with Gasteiger partial charge in [-0.3, -0.25) is 15.0 Å². The highest BCUT2D eigenvalue weighted by atomic mass is 16.6. The van der Waals surface area contributed by atoms with Crippen molar-refractivity contribution in [1.82, 2.24) is 4.90 Å². The van der Waals surface area contributed by atoms with Gasteiger partial charge in [-0.1, -0.05) is 30.3 Å². The molecule has 1 heterocycles. The third-order valence-electron chi connectivity index (χ3n) is 4.26. The Morgan fingerprint density at radius 3 is 2.42 bits per heavy atom. The molecular formula is C18H18N4O2. The van der Waals surface area contributed by atoms with E-state index in [9.17, 15) is 10.1 Å². The highest BCUT2D eigenvalue weighted by Gasteiger charge is 2.24. The fourth-order valence-corrected chi connectivity index (χ4v) is 3.00. The third-order valence-corrected chi connectivity index (χ3v) is 4.26. The summed E-state index contributed by atoms with van der Waals surface area (Å²) in [6.07, 6.45) is 0. The van der Waals surface area contributed by atoms with Gasteiger partial charge in [-0.15, -0.1) is 0 Å². The smallest absolute Gasteiger partial charge is 0.293 e. The molecule has 6 heteroatoms. The zero-order valence-electron chi connectivity index (χ0n) is 13.3. The molecule has 122 valence electrons. The van der Waals surface area contributed by atoms with Gasteiger partial charge in [0.25, 0.3) is 5.69 Å². The topological polar surface area (TPSA) is 73.4 Å². The van der Waals surface area contributed by atoms with Crippen LogP contribution in [-0.4, -0.2) is 36.0 Å². The average molecular weight is 322 g/mol. The standard InChI is InChI=1S/C18H18N4O2/c19-13-16-6-7-17(18(12-16)22(23)24)21-10-8-20(9-11-21)14-15-4-2-1-3-5-15/h1-7,12H,8-11,14H2. The van der Waals surface area contributed by atoms with Crippen LogP contribution in [0.15, 0.2) is 48.5 Å². The summed E-state index contributed by atoms with van der Waals surface area (Å²) in [6.45, 7) is 4.07. The van der Waals surface area contributed by atoms with Crippen molar-refractivity contribution in [1.29, 1.82) is 5.26 Å². The molecule has 0 N–H and O–H groups in total. The maximum absolute atomic E-state index is 11.3. The molecule has 6 nitrogen and oxygen atoms in total. The third kappa shape index (κ3) is 3.53. The zero-order valence-corrected chi connectivity index (χ0v) is 13.3. The number of nitro benzene ring substituents is 1. The number of piperazine rings is 1. The van der Waals surface area contributed by atoms with E-state index in [1.165, 1.54) is 11.6 Å². The minimum absolute atomic E-state index is 0.00515. The van der Waals surface area contributed by atoms with Crippen LogP contribution in [0.4, 0.5) is 11.4 Å². The van der Waals surface area contributed by atoms with Gasteiger partial charge in [0.2, 0.25) is 0 Å². The van der Waals surface area contributed by atoms with Crippen LogP contribution in [0.25, 0.3) is 0 Å². The van der Waals surface area contributed by atoms with Crippen molar-refractivity contribution in [3.8, 4) is 6.07 Å². The second kappa shape index (κ2) is 7.11. The van der Waals surface area contributed by atoms with Gasteiger partial charge in [-0.05, 0) is 17.7 Å². The van der Waals surface area contributed by atoms with E-state index in [-0.39, 0.29) is 5.69 Å². The molecule has 0 unspecified atom stereocenters. The summed E-state index contributed by atoms with van der Waals surface area (Å²) in [4.78, 5) is 15.3. The molecule has 0 spiro atoms. The number of anilines is 1. The predicted octanol–water partition coefficient (Wildman–Crippen LogP) is 2.79. The van der Waals surface area contributed by atoms with Crippen molar-refractivity contribution in [2.75, 3.05) is 31.1 Å². The molecular weight excluding hydrogens is 304 g/mol. The second-order valence-electron chi connectivity index (χ2n) is 5.82. The molecule has 1 saturated heterocycles. The largest absolute Gasteiger partial charge is 0.363 e. The van der Waals surface area contributed by atoms with Crippen LogP contribution < -0.4 is 4.90 Å². The van der Waals surface area contributed by atoms with Gasteiger partial charge in [0.15, 0.2) is 0 Å². The summed E-state index contributed by atoms with van der Waals surface area (Å²) in [5.74, 6) is 0. The highest BCUT2D eigenvalue weighted by molar-refractivity contribution is 5.65. The quantitative estimate of drug-likeness (QED) is 0.639. The first-order valence-corrected chi connectivity index (χ1v) is 7.87. The molecule has 1 fully saturated rings. The number of rotatable bonds is 4. The fourth-order valence-electron chi connectivity index (χ4n) is 3.00. The lowest BCUT2D eigenvalue weighted by atomic mass is 10.1. The minimum Gasteiger partial charge on any atom is -0.363 e. The van der Waals surface area contributed by atoms with Crippen LogP contribution in [0.3, 0.4) is 0 Å². The van der Waals surface area contributed by atoms with Crippen LogP contribution in [0.5, 0.6) is 0 Å². The Balaban J connectivity index is 1.69. The SMILES string of the molecule is N#Cc1ccc(N2CCN(Cc3ccccc3)CC2)c([N+](=O)[O-])c1. The molecule has 0 radical (unpaired) electrons. The summed E-state index contributed by atoms with van der Waals surface area (Å²) in [5, 5.41) is 20.2. The molecule has 3 rings (SSSR count). The number of hydrogen-bond acceptors (Lipinski definition) is 5. The maximum Gasteiger partial charge on any atom is 0.293 e. The Bertz CT molecular complexity index is 762. The number of nitro groups is 1. The van der Waals surface area contributed by atoms with Crippen LogP contribution in [-0.2, 0) is 6.54 Å². The van der Waals surface area contributed by atoms with Gasteiger partial charge >= 0.3 is 0 Å². The first kappa shape index (κ1) is 16.0. The van der Waals surface area contributed by atoms with E-state index >= 15 is 0 Å². The molecule has 2 aromatic rings. The van der Waals surface area contributed by atoms with Crippen LogP contribution in [0, 0.1) is 21.4 Å². The highest BCUT2D eigenvalue weighted by Crippen LogP contribution is 2.30. The van der Waals surface area contributed by atoms with Gasteiger partial charge in [-0.25, -0.2) is 0 Å². The number of hydrogen-bond donors (Lipinski definition) is 0. The van der Waals surface area contributed by atoms with E-state index in [2.05, 4.69) is 17.0 Å². The molecule has 24 heavy (non-hydrogen) atoms. The summed E-state index contributed by atoms with van der Waals surface area (Å²) in [5.41, 5.74) is 2.19. The van der Waals surface area contributed by atoms with E-state index in [0.717, 1.165) is 32.7 Å². The Hall–Kier alpha value is -2.91. The van der Waals surface area contributed by atoms with Crippen molar-refractivity contribution in [2.24, 2.45) is 0 Å². The van der Waals surface area contributed by atoms with Gasteiger partial charge in [0.05, 0.1) is 16.6 Å². The van der Waals surface area contributed by atoms with Crippen LogP contribution in [0.2, 0.25) is 0 Å². The number of benzene rings is 2. The normalized spacial score (nSPS) is 15.0. The van der Waals surface area contributed by atoms with Gasteiger partial charge in [0.1, 0.15) is 5.69 Å². The molecule has 0 aromatic heterocycles. The fraction of sp³-hybridized carbons (Fsp3) is 0.278. The van der Waals surface area contributed by atoms with E-state index in [1.54, 1.807) is 12.1 Å². The summed E-state index contributed by atoms with van der Waals surface area (Å²) >= 11 is 0. The first-order valence-electron chi connectivity index (χ1n) is 7.87. The number of nitriles is 1. The van der Waals surface area contributed by atoms with Gasteiger partial charge in [0, 0.05) is 38.8 Å². The lowest BCUT2D eigenvalue weighted by Gasteiger charge is -2.35. The first-order chi connectivity index (χ1) is 11.7. The summed E-state index contributed by atoms with van der Waals surface area (Å²) < 4.78 is 0. The Morgan fingerprint density at radius 2 is 1.79 bits per heavy atom. The van der Waals surface area contributed by atoms with Gasteiger partial charge < -0.3 is 4.90 Å². The van der Waals surface area contributed by atoms with Crippen molar-refractivity contribution in [3.63, 3.8) is 0 Å². The Labute approximate surface area is 140 Å². The minimum atomic E-state index is -0.410. The molecule has 0 atom stereocenters. The molecule has 1 aliphatic rings. The van der Waals surface area contributed by atoms with E-state index in [4.69, 9.17) is 5.26 Å². The summed E-state index contributed by atoms with van der Waals surface area (Å²) in [6, 6.07) is 16.9. The predicted molar refractivity (Wildman–Crippen MR) is 91.7 cm³/mol. The Kier molecular flexibility index (Phi) is 4.73. The molecule has 0 aliphatic carbocycles. The maximum atomic E-state index is 11.3. The second-order valence-corrected chi connectivity index (χ2v) is 5.82.